The van der Waals surface area contributed by atoms with E-state index in [0.29, 0.717) is 0 Å². The second kappa shape index (κ2) is 14.4. The lowest BCUT2D eigenvalue weighted by Crippen LogP contribution is -1.96. The fourth-order valence-corrected chi connectivity index (χ4v) is 6.57. The Morgan fingerprint density at radius 3 is 1.58 bits per heavy atom. The molecule has 190 valence electrons. The highest BCUT2D eigenvalue weighted by atomic mass is 32.1. The predicted octanol–water partition coefficient (Wildman–Crippen LogP) is 11.3. The Hall–Kier alpha value is -2.36. The summed E-state index contributed by atoms with van der Waals surface area (Å²) in [5.41, 5.74) is 4.04. The minimum Gasteiger partial charge on any atom is -0.494 e. The summed E-state index contributed by atoms with van der Waals surface area (Å²) in [6.07, 6.45) is 12.8. The van der Waals surface area contributed by atoms with Gasteiger partial charge in [0.2, 0.25) is 0 Å². The van der Waals surface area contributed by atoms with E-state index in [1.54, 1.807) is 0 Å². The van der Waals surface area contributed by atoms with Crippen LogP contribution >= 0.6 is 22.7 Å². The van der Waals surface area contributed by atoms with Crippen LogP contribution in [0.5, 0.6) is 5.75 Å². The molecule has 36 heavy (non-hydrogen) atoms. The van der Waals surface area contributed by atoms with Crippen LogP contribution in [0.2, 0.25) is 0 Å². The van der Waals surface area contributed by atoms with Gasteiger partial charge in [0.25, 0.3) is 0 Å². The molecule has 0 saturated carbocycles. The molecule has 0 aliphatic rings. The maximum absolute atomic E-state index is 5.91. The number of hydrogen-bond donors (Lipinski definition) is 0. The first-order valence-corrected chi connectivity index (χ1v) is 15.4. The summed E-state index contributed by atoms with van der Waals surface area (Å²) in [5, 5.41) is 0. The molecule has 0 amide bonds. The van der Waals surface area contributed by atoms with Crippen LogP contribution in [-0.4, -0.2) is 6.61 Å². The Labute approximate surface area is 226 Å². The first-order valence-electron chi connectivity index (χ1n) is 13.8. The van der Waals surface area contributed by atoms with E-state index in [2.05, 4.69) is 86.6 Å². The largest absolute Gasteiger partial charge is 0.494 e. The molecule has 0 bridgehead atoms. The summed E-state index contributed by atoms with van der Waals surface area (Å²) in [6, 6.07) is 26.8. The minimum absolute atomic E-state index is 0.810. The van der Waals surface area contributed by atoms with Crippen molar-refractivity contribution in [3.63, 3.8) is 0 Å². The fourth-order valence-electron chi connectivity index (χ4n) is 4.45. The average Bonchev–Trinajstić information content (AvgIpc) is 3.60. The topological polar surface area (TPSA) is 9.23 Å². The van der Waals surface area contributed by atoms with Gasteiger partial charge in [-0.3, -0.25) is 0 Å². The second-order valence-electron chi connectivity index (χ2n) is 9.62. The molecule has 0 aliphatic carbocycles. The van der Waals surface area contributed by atoms with Crippen molar-refractivity contribution in [1.29, 1.82) is 0 Å². The van der Waals surface area contributed by atoms with Gasteiger partial charge in [0.15, 0.2) is 0 Å². The number of aryl methyl sites for hydroxylation is 1. The predicted molar refractivity (Wildman–Crippen MR) is 161 cm³/mol. The molecule has 0 N–H and O–H groups in total. The van der Waals surface area contributed by atoms with Crippen LogP contribution in [0.3, 0.4) is 0 Å². The van der Waals surface area contributed by atoms with Gasteiger partial charge in [-0.2, -0.15) is 0 Å². The summed E-state index contributed by atoms with van der Waals surface area (Å²) in [6.45, 7) is 5.32. The second-order valence-corrected chi connectivity index (χ2v) is 11.8. The van der Waals surface area contributed by atoms with Gasteiger partial charge >= 0.3 is 0 Å². The highest BCUT2D eigenvalue weighted by molar-refractivity contribution is 7.25. The summed E-state index contributed by atoms with van der Waals surface area (Å²) in [7, 11) is 0. The monoisotopic (exact) mass is 516 g/mol. The van der Waals surface area contributed by atoms with Crippen molar-refractivity contribution in [2.75, 3.05) is 6.61 Å². The van der Waals surface area contributed by atoms with Crippen molar-refractivity contribution in [3.8, 4) is 36.4 Å². The lowest BCUT2D eigenvalue weighted by Gasteiger charge is -2.06. The molecular weight excluding hydrogens is 476 g/mol. The Bertz CT molecular complexity index is 1060. The lowest BCUT2D eigenvalue weighted by molar-refractivity contribution is 0.305. The van der Waals surface area contributed by atoms with Gasteiger partial charge in [0, 0.05) is 19.5 Å². The third-order valence-corrected chi connectivity index (χ3v) is 9.13. The van der Waals surface area contributed by atoms with Crippen LogP contribution in [0.1, 0.15) is 77.2 Å². The molecule has 2 aromatic heterocycles. The summed E-state index contributed by atoms with van der Waals surface area (Å²) >= 11 is 3.75. The Balaban J connectivity index is 1.32. The van der Waals surface area contributed by atoms with Crippen LogP contribution in [0, 0.1) is 0 Å². The van der Waals surface area contributed by atoms with Gasteiger partial charge in [-0.05, 0) is 84.5 Å². The van der Waals surface area contributed by atoms with Crippen LogP contribution in [-0.2, 0) is 6.42 Å². The Morgan fingerprint density at radius 2 is 1.00 bits per heavy atom. The molecule has 2 heterocycles. The summed E-state index contributed by atoms with van der Waals surface area (Å²) < 4.78 is 5.91. The molecule has 0 unspecified atom stereocenters. The molecule has 4 aromatic rings. The molecule has 4 rings (SSSR count). The molecule has 0 saturated heterocycles. The lowest BCUT2D eigenvalue weighted by atomic mass is 10.0. The van der Waals surface area contributed by atoms with Crippen molar-refractivity contribution < 1.29 is 4.74 Å². The number of thiophene rings is 2. The highest BCUT2D eigenvalue weighted by Crippen LogP contribution is 2.40. The summed E-state index contributed by atoms with van der Waals surface area (Å²) in [4.78, 5) is 5.32. The van der Waals surface area contributed by atoms with Crippen LogP contribution in [0.4, 0.5) is 0 Å². The maximum Gasteiger partial charge on any atom is 0.119 e. The molecule has 0 atom stereocenters. The molecule has 2 aromatic carbocycles. The molecule has 0 spiro atoms. The van der Waals surface area contributed by atoms with Crippen LogP contribution < -0.4 is 4.74 Å². The maximum atomic E-state index is 5.91. The zero-order valence-electron chi connectivity index (χ0n) is 21.9. The highest BCUT2D eigenvalue weighted by Gasteiger charge is 2.09. The van der Waals surface area contributed by atoms with Gasteiger partial charge in [-0.25, -0.2) is 0 Å². The van der Waals surface area contributed by atoms with Crippen LogP contribution in [0.25, 0.3) is 30.6 Å². The average molecular weight is 517 g/mol. The first-order chi connectivity index (χ1) is 17.8. The molecule has 0 fully saturated rings. The van der Waals surface area contributed by atoms with Crippen LogP contribution in [0.15, 0.2) is 72.8 Å². The van der Waals surface area contributed by atoms with E-state index in [1.165, 1.54) is 94.0 Å². The van der Waals surface area contributed by atoms with Crippen molar-refractivity contribution in [3.05, 3.63) is 78.4 Å². The number of benzene rings is 2. The molecule has 0 aliphatic heterocycles. The van der Waals surface area contributed by atoms with Gasteiger partial charge in [-0.15, -0.1) is 22.7 Å². The third-order valence-electron chi connectivity index (χ3n) is 6.67. The number of ether oxygens (including phenoxy) is 1. The van der Waals surface area contributed by atoms with E-state index in [0.717, 1.165) is 18.8 Å². The number of rotatable bonds is 15. The number of unbranched alkanes of at least 4 members (excludes halogenated alkanes) is 7. The first kappa shape index (κ1) is 26.7. The van der Waals surface area contributed by atoms with Crippen molar-refractivity contribution in [2.24, 2.45) is 0 Å². The fraction of sp³-hybridized carbons (Fsp3) is 0.394. The van der Waals surface area contributed by atoms with Gasteiger partial charge < -0.3 is 4.74 Å². The molecular formula is C33H40OS2. The molecule has 3 heteroatoms. The van der Waals surface area contributed by atoms with Gasteiger partial charge in [-0.1, -0.05) is 83.1 Å². The smallest absolute Gasteiger partial charge is 0.119 e. The normalized spacial score (nSPS) is 11.2. The molecule has 0 radical (unpaired) electrons. The van der Waals surface area contributed by atoms with Gasteiger partial charge in [0.1, 0.15) is 5.75 Å². The van der Waals surface area contributed by atoms with E-state index in [9.17, 15) is 0 Å². The quantitative estimate of drug-likeness (QED) is 0.143. The zero-order chi connectivity index (χ0) is 25.0. The molecule has 1 nitrogen and oxygen atoms in total. The third kappa shape index (κ3) is 7.82. The SMILES string of the molecule is CCCCCCCc1ccc(-c2ccc(-c3ccc(-c4ccc(OCCCCCC)cc4)s3)s2)cc1. The van der Waals surface area contributed by atoms with E-state index >= 15 is 0 Å². The Morgan fingerprint density at radius 1 is 0.500 bits per heavy atom. The zero-order valence-corrected chi connectivity index (χ0v) is 23.6. The van der Waals surface area contributed by atoms with E-state index in [4.69, 9.17) is 4.74 Å². The Kier molecular flexibility index (Phi) is 10.7. The van der Waals surface area contributed by atoms with Crippen molar-refractivity contribution >= 4 is 22.7 Å². The van der Waals surface area contributed by atoms with Crippen molar-refractivity contribution in [1.82, 2.24) is 0 Å². The van der Waals surface area contributed by atoms with E-state index in [1.807, 2.05) is 22.7 Å². The number of hydrogen-bond acceptors (Lipinski definition) is 3. The minimum atomic E-state index is 0.810. The van der Waals surface area contributed by atoms with Crippen molar-refractivity contribution in [2.45, 2.75) is 78.1 Å². The van der Waals surface area contributed by atoms with Gasteiger partial charge in [0.05, 0.1) is 6.61 Å². The van der Waals surface area contributed by atoms with E-state index < -0.39 is 0 Å². The summed E-state index contributed by atoms with van der Waals surface area (Å²) in [5.74, 6) is 0.970. The van der Waals surface area contributed by atoms with E-state index in [-0.39, 0.29) is 0 Å². The standard InChI is InChI=1S/C33H40OS2/c1-3-5-7-9-10-12-26-13-15-27(16-14-26)30-21-23-32(35-30)33-24-22-31(36-33)28-17-19-29(20-18-28)34-25-11-8-6-4-2/h13-24H,3-12,25H2,1-2H3.